The fourth-order valence-electron chi connectivity index (χ4n) is 5.01. The van der Waals surface area contributed by atoms with E-state index < -0.39 is 0 Å². The van der Waals surface area contributed by atoms with E-state index in [9.17, 15) is 9.59 Å². The number of benzene rings is 1. The van der Waals surface area contributed by atoms with Crippen LogP contribution in [0.4, 0.5) is 0 Å². The summed E-state index contributed by atoms with van der Waals surface area (Å²) in [6.07, 6.45) is 12.1. The molecule has 5 rings (SSSR count). The fraction of sp³-hybridized carbons (Fsp3) is 0.500. The molecule has 0 radical (unpaired) electrons. The van der Waals surface area contributed by atoms with Crippen LogP contribution in [0.1, 0.15) is 55.3 Å². The van der Waals surface area contributed by atoms with Crippen molar-refractivity contribution in [3.8, 4) is 0 Å². The topological polar surface area (TPSA) is 52.0 Å². The van der Waals surface area contributed by atoms with Gasteiger partial charge in [0.05, 0.1) is 0 Å². The highest BCUT2D eigenvalue weighted by Gasteiger charge is 2.51. The third kappa shape index (κ3) is 3.25. The number of carbonyl (C=O) groups excluding carboxylic acids is 2. The Morgan fingerprint density at radius 3 is 2.62 bits per heavy atom. The Morgan fingerprint density at radius 2 is 1.92 bits per heavy atom. The van der Waals surface area contributed by atoms with Gasteiger partial charge in [-0.25, -0.2) is 4.98 Å². The first-order chi connectivity index (χ1) is 12.7. The molecule has 0 aliphatic heterocycles. The second-order valence-corrected chi connectivity index (χ2v) is 8.00. The van der Waals surface area contributed by atoms with Crippen LogP contribution in [0.2, 0.25) is 0 Å². The van der Waals surface area contributed by atoms with Gasteiger partial charge in [-0.2, -0.15) is 0 Å². The molecule has 1 aromatic carbocycles. The number of nitrogens with zero attached hydrogens (tertiary/aromatic N) is 2. The van der Waals surface area contributed by atoms with E-state index in [2.05, 4.69) is 17.1 Å². The Hall–Kier alpha value is -2.23. The summed E-state index contributed by atoms with van der Waals surface area (Å²) >= 11 is 0. The predicted octanol–water partition coefficient (Wildman–Crippen LogP) is 4.31. The standard InChI is InChI=1S/C22H26N2O2/c25-20(8-4-7-17-5-2-1-3-6-17)22-11-9-18(10-12-22)19(15-22)21(26)24-14-13-23-16-24/h1-3,5-6,13-14,16,18-19H,4,7-12,15H2. The predicted molar refractivity (Wildman–Crippen MR) is 99.7 cm³/mol. The van der Waals surface area contributed by atoms with Crippen molar-refractivity contribution in [2.75, 3.05) is 0 Å². The van der Waals surface area contributed by atoms with Crippen LogP contribution in [-0.4, -0.2) is 21.2 Å². The number of imidazole rings is 1. The van der Waals surface area contributed by atoms with Gasteiger partial charge >= 0.3 is 0 Å². The van der Waals surface area contributed by atoms with E-state index in [4.69, 9.17) is 0 Å². The Kier molecular flexibility index (Phi) is 4.75. The fourth-order valence-corrected chi connectivity index (χ4v) is 5.01. The van der Waals surface area contributed by atoms with Crippen molar-refractivity contribution in [2.45, 2.75) is 51.4 Å². The highest BCUT2D eigenvalue weighted by Crippen LogP contribution is 2.54. The van der Waals surface area contributed by atoms with E-state index in [1.54, 1.807) is 23.3 Å². The van der Waals surface area contributed by atoms with Gasteiger partial charge in [-0.3, -0.25) is 14.2 Å². The molecule has 3 aliphatic rings. The maximum atomic E-state index is 13.1. The lowest BCUT2D eigenvalue weighted by Crippen LogP contribution is -2.48. The van der Waals surface area contributed by atoms with E-state index >= 15 is 0 Å². The number of fused-ring (bicyclic) bond motifs is 3. The number of carbonyl (C=O) groups is 2. The van der Waals surface area contributed by atoms with Crippen molar-refractivity contribution in [3.05, 3.63) is 54.6 Å². The third-order valence-electron chi connectivity index (χ3n) is 6.55. The number of Topliss-reactive ketones (excluding diaryl/α,β-unsaturated/α-hetero) is 1. The van der Waals surface area contributed by atoms with Crippen LogP contribution in [0, 0.1) is 17.3 Å². The SMILES string of the molecule is O=C(C1CC2(C(=O)CCCc3ccccc3)CCC1CC2)n1ccnc1. The van der Waals surface area contributed by atoms with Gasteiger partial charge < -0.3 is 0 Å². The van der Waals surface area contributed by atoms with Crippen LogP contribution in [0.5, 0.6) is 0 Å². The van der Waals surface area contributed by atoms with Crippen molar-refractivity contribution < 1.29 is 9.59 Å². The van der Waals surface area contributed by atoms with Crippen molar-refractivity contribution >= 4 is 11.7 Å². The molecule has 2 bridgehead atoms. The molecule has 0 amide bonds. The van der Waals surface area contributed by atoms with Gasteiger partial charge in [-0.15, -0.1) is 0 Å². The van der Waals surface area contributed by atoms with Gasteiger partial charge in [-0.05, 0) is 56.4 Å². The van der Waals surface area contributed by atoms with E-state index in [-0.39, 0.29) is 17.2 Å². The number of aromatic nitrogens is 2. The van der Waals surface area contributed by atoms with E-state index in [1.165, 1.54) is 5.56 Å². The molecule has 3 saturated carbocycles. The van der Waals surface area contributed by atoms with Crippen molar-refractivity contribution in [3.63, 3.8) is 0 Å². The van der Waals surface area contributed by atoms with Gasteiger partial charge in [0.25, 0.3) is 0 Å². The van der Waals surface area contributed by atoms with Gasteiger partial charge in [-0.1, -0.05) is 30.3 Å². The summed E-state index contributed by atoms with van der Waals surface area (Å²) in [6.45, 7) is 0. The minimum absolute atomic E-state index is 0.0234. The zero-order chi connectivity index (χ0) is 18.0. The van der Waals surface area contributed by atoms with E-state index in [1.807, 2.05) is 18.2 Å². The van der Waals surface area contributed by atoms with Crippen LogP contribution < -0.4 is 0 Å². The molecule has 1 unspecified atom stereocenters. The molecule has 4 nitrogen and oxygen atoms in total. The molecule has 0 N–H and O–H groups in total. The quantitative estimate of drug-likeness (QED) is 0.780. The summed E-state index contributed by atoms with van der Waals surface area (Å²) in [7, 11) is 0. The summed E-state index contributed by atoms with van der Waals surface area (Å²) in [5.74, 6) is 0.914. The van der Waals surface area contributed by atoms with Crippen LogP contribution in [0.25, 0.3) is 0 Å². The third-order valence-corrected chi connectivity index (χ3v) is 6.55. The Bertz CT molecular complexity index is 759. The number of hydrogen-bond donors (Lipinski definition) is 0. The lowest BCUT2D eigenvalue weighted by molar-refractivity contribution is -0.136. The monoisotopic (exact) mass is 350 g/mol. The summed E-state index contributed by atoms with van der Waals surface area (Å²) < 4.78 is 1.60. The van der Waals surface area contributed by atoms with Crippen molar-refractivity contribution in [2.24, 2.45) is 17.3 Å². The lowest BCUT2D eigenvalue weighted by Gasteiger charge is -2.49. The summed E-state index contributed by atoms with van der Waals surface area (Å²) in [5, 5.41) is 0. The number of aryl methyl sites for hydroxylation is 1. The smallest absolute Gasteiger partial charge is 0.235 e. The number of ketones is 1. The molecule has 3 fully saturated rings. The van der Waals surface area contributed by atoms with Crippen molar-refractivity contribution in [1.82, 2.24) is 9.55 Å². The molecule has 4 heteroatoms. The van der Waals surface area contributed by atoms with Gasteiger partial charge in [0.15, 0.2) is 0 Å². The van der Waals surface area contributed by atoms with Gasteiger partial charge in [0, 0.05) is 30.1 Å². The largest absolute Gasteiger partial charge is 0.299 e. The van der Waals surface area contributed by atoms with Crippen LogP contribution in [0.3, 0.4) is 0 Å². The second-order valence-electron chi connectivity index (χ2n) is 8.00. The Morgan fingerprint density at radius 1 is 1.15 bits per heavy atom. The average Bonchev–Trinajstić information content (AvgIpc) is 3.24. The molecule has 26 heavy (non-hydrogen) atoms. The highest BCUT2D eigenvalue weighted by molar-refractivity contribution is 5.88. The zero-order valence-electron chi connectivity index (χ0n) is 15.1. The highest BCUT2D eigenvalue weighted by atomic mass is 16.2. The van der Waals surface area contributed by atoms with Gasteiger partial charge in [0.2, 0.25) is 5.91 Å². The normalized spacial score (nSPS) is 27.4. The number of hydrogen-bond acceptors (Lipinski definition) is 3. The first-order valence-electron chi connectivity index (χ1n) is 9.77. The molecule has 1 aromatic heterocycles. The molecular weight excluding hydrogens is 324 g/mol. The minimum atomic E-state index is -0.258. The summed E-state index contributed by atoms with van der Waals surface area (Å²) in [5.41, 5.74) is 1.03. The second kappa shape index (κ2) is 7.18. The molecule has 1 heterocycles. The summed E-state index contributed by atoms with van der Waals surface area (Å²) in [4.78, 5) is 29.9. The summed E-state index contributed by atoms with van der Waals surface area (Å²) in [6, 6.07) is 10.4. The van der Waals surface area contributed by atoms with Gasteiger partial charge in [0.1, 0.15) is 12.1 Å². The van der Waals surface area contributed by atoms with Crippen molar-refractivity contribution in [1.29, 1.82) is 0 Å². The molecule has 2 aromatic rings. The molecule has 0 saturated heterocycles. The molecular formula is C22H26N2O2. The van der Waals surface area contributed by atoms with Crippen LogP contribution >= 0.6 is 0 Å². The van der Waals surface area contributed by atoms with E-state index in [0.717, 1.165) is 44.9 Å². The molecule has 1 atom stereocenters. The minimum Gasteiger partial charge on any atom is -0.299 e. The Labute approximate surface area is 154 Å². The average molecular weight is 350 g/mol. The zero-order valence-corrected chi connectivity index (χ0v) is 15.1. The van der Waals surface area contributed by atoms with E-state index in [0.29, 0.717) is 18.1 Å². The first kappa shape index (κ1) is 17.2. The molecule has 0 spiro atoms. The van der Waals surface area contributed by atoms with Crippen LogP contribution in [-0.2, 0) is 11.2 Å². The lowest BCUT2D eigenvalue weighted by atomic mass is 9.54. The first-order valence-corrected chi connectivity index (χ1v) is 9.77. The number of rotatable bonds is 6. The molecule has 3 aliphatic carbocycles. The maximum absolute atomic E-state index is 13.1. The maximum Gasteiger partial charge on any atom is 0.235 e. The molecule has 136 valence electrons. The van der Waals surface area contributed by atoms with Crippen LogP contribution in [0.15, 0.2) is 49.1 Å². The Balaban J connectivity index is 1.40.